The molecule has 4 heterocycles. The maximum absolute atomic E-state index is 13.6. The van der Waals surface area contributed by atoms with Crippen LogP contribution in [0.3, 0.4) is 0 Å². The highest BCUT2D eigenvalue weighted by molar-refractivity contribution is 5.89. The van der Waals surface area contributed by atoms with E-state index in [1.807, 2.05) is 45.6 Å². The highest BCUT2D eigenvalue weighted by Crippen LogP contribution is 2.43. The lowest BCUT2D eigenvalue weighted by atomic mass is 9.77. The smallest absolute Gasteiger partial charge is 0.356 e. The molecule has 12 heteroatoms. The average Bonchev–Trinajstić information content (AvgIpc) is 3.96. The molecule has 1 aliphatic heterocycles. The summed E-state index contributed by atoms with van der Waals surface area (Å²) >= 11 is 0. The number of methoxy groups -OCH3 is 1. The number of benzene rings is 5. The SMILES string of the molecule is CCCc1nc(CN2CCN(c3ncccn3)CC2)c(C(=O)OC)n1Cc1ccc(-c2ccccc2-c2nnnn2C(c2ccccc2)(c2ccccc2)c2ccccc2)cc1. The minimum absolute atomic E-state index is 0.382. The van der Waals surface area contributed by atoms with Crippen molar-refractivity contribution in [3.8, 4) is 22.5 Å². The van der Waals surface area contributed by atoms with Gasteiger partial charge in [-0.05, 0) is 56.3 Å². The normalized spacial score (nSPS) is 13.3. The molecular weight excluding hydrogens is 773 g/mol. The van der Waals surface area contributed by atoms with E-state index < -0.39 is 5.54 Å². The largest absolute Gasteiger partial charge is 0.464 e. The van der Waals surface area contributed by atoms with Crippen LogP contribution in [0.5, 0.6) is 0 Å². The van der Waals surface area contributed by atoms with Crippen LogP contribution >= 0.6 is 0 Å². The van der Waals surface area contributed by atoms with Crippen molar-refractivity contribution in [3.05, 3.63) is 197 Å². The van der Waals surface area contributed by atoms with Gasteiger partial charge in [-0.3, -0.25) is 4.90 Å². The molecule has 8 aromatic rings. The van der Waals surface area contributed by atoms with Crippen molar-refractivity contribution in [2.75, 3.05) is 38.2 Å². The van der Waals surface area contributed by atoms with Gasteiger partial charge in [0.25, 0.3) is 0 Å². The Morgan fingerprint density at radius 2 is 1.26 bits per heavy atom. The van der Waals surface area contributed by atoms with Gasteiger partial charge in [0.05, 0.1) is 12.8 Å². The van der Waals surface area contributed by atoms with Gasteiger partial charge in [0.2, 0.25) is 5.95 Å². The van der Waals surface area contributed by atoms with Crippen molar-refractivity contribution >= 4 is 11.9 Å². The van der Waals surface area contributed by atoms with Gasteiger partial charge in [-0.25, -0.2) is 24.4 Å². The molecule has 62 heavy (non-hydrogen) atoms. The lowest BCUT2D eigenvalue weighted by Gasteiger charge is -2.36. The molecule has 12 nitrogen and oxygen atoms in total. The molecule has 0 atom stereocenters. The Hall–Kier alpha value is -7.31. The summed E-state index contributed by atoms with van der Waals surface area (Å²) in [5.41, 5.74) is 7.39. The standard InChI is InChI=1S/C50H48N10O2/c1-3-16-45-53-44(36-57-31-33-58(34-32-57)49-51-29-15-30-52-49)46(48(61)62-2)59(45)35-37-25-27-38(28-26-37)42-23-13-14-24-43(42)47-54-55-56-60(47)50(39-17-7-4-8-18-39,40-19-9-5-10-20-40)41-21-11-6-12-22-41/h4-15,17-30H,3,16,31-36H2,1-2H3. The minimum Gasteiger partial charge on any atom is -0.464 e. The molecule has 3 aromatic heterocycles. The second kappa shape index (κ2) is 18.1. The molecule has 0 bridgehead atoms. The van der Waals surface area contributed by atoms with Gasteiger partial charge < -0.3 is 14.2 Å². The number of ether oxygens (including phenoxy) is 1. The highest BCUT2D eigenvalue weighted by Gasteiger charge is 2.42. The van der Waals surface area contributed by atoms with Crippen LogP contribution < -0.4 is 4.90 Å². The van der Waals surface area contributed by atoms with Gasteiger partial charge in [-0.1, -0.05) is 146 Å². The second-order valence-corrected chi connectivity index (χ2v) is 15.4. The number of imidazole rings is 1. The van der Waals surface area contributed by atoms with Gasteiger partial charge in [0, 0.05) is 63.6 Å². The van der Waals surface area contributed by atoms with Crippen molar-refractivity contribution in [2.45, 2.75) is 38.4 Å². The molecule has 0 saturated carbocycles. The summed E-state index contributed by atoms with van der Waals surface area (Å²) in [4.78, 5) is 32.0. The van der Waals surface area contributed by atoms with E-state index in [0.29, 0.717) is 24.6 Å². The molecule has 310 valence electrons. The fourth-order valence-corrected chi connectivity index (χ4v) is 8.73. The van der Waals surface area contributed by atoms with Crippen LogP contribution in [-0.4, -0.2) is 83.9 Å². The third-order valence-corrected chi connectivity index (χ3v) is 11.7. The van der Waals surface area contributed by atoms with E-state index in [0.717, 1.165) is 95.4 Å². The van der Waals surface area contributed by atoms with Crippen LogP contribution in [-0.2, 0) is 29.8 Å². The second-order valence-electron chi connectivity index (χ2n) is 15.4. The Bertz CT molecular complexity index is 2620. The quantitative estimate of drug-likeness (QED) is 0.0790. The van der Waals surface area contributed by atoms with Crippen molar-refractivity contribution in [1.29, 1.82) is 0 Å². The summed E-state index contributed by atoms with van der Waals surface area (Å²) in [5.74, 6) is 1.86. The molecular formula is C50H48N10O2. The summed E-state index contributed by atoms with van der Waals surface area (Å²) < 4.78 is 9.41. The molecule has 0 aliphatic carbocycles. The fourth-order valence-electron chi connectivity index (χ4n) is 8.73. The average molecular weight is 821 g/mol. The van der Waals surface area contributed by atoms with Crippen molar-refractivity contribution in [1.82, 2.24) is 44.6 Å². The van der Waals surface area contributed by atoms with Crippen molar-refractivity contribution in [2.24, 2.45) is 0 Å². The number of carbonyl (C=O) groups excluding carboxylic acids is 1. The molecule has 1 fully saturated rings. The molecule has 0 unspecified atom stereocenters. The summed E-state index contributed by atoms with van der Waals surface area (Å²) in [5, 5.41) is 13.9. The predicted molar refractivity (Wildman–Crippen MR) is 239 cm³/mol. The number of nitrogens with zero attached hydrogens (tertiary/aromatic N) is 10. The third kappa shape index (κ3) is 7.76. The number of hydrogen-bond donors (Lipinski definition) is 0. The number of piperazine rings is 1. The topological polar surface area (TPSA) is 120 Å². The number of tetrazole rings is 1. The summed E-state index contributed by atoms with van der Waals surface area (Å²) in [7, 11) is 1.44. The highest BCUT2D eigenvalue weighted by atomic mass is 16.5. The Morgan fingerprint density at radius 3 is 1.84 bits per heavy atom. The Balaban J connectivity index is 1.04. The monoisotopic (exact) mass is 820 g/mol. The molecule has 1 saturated heterocycles. The van der Waals surface area contributed by atoms with Gasteiger partial charge in [-0.15, -0.1) is 5.10 Å². The van der Waals surface area contributed by atoms with Crippen molar-refractivity contribution in [3.63, 3.8) is 0 Å². The molecule has 5 aromatic carbocycles. The number of anilines is 1. The van der Waals surface area contributed by atoms with Crippen LogP contribution in [0.25, 0.3) is 22.5 Å². The molecule has 0 amide bonds. The maximum Gasteiger partial charge on any atom is 0.356 e. The van der Waals surface area contributed by atoms with Gasteiger partial charge in [0.1, 0.15) is 11.4 Å². The van der Waals surface area contributed by atoms with Gasteiger partial charge in [-0.2, -0.15) is 0 Å². The zero-order chi connectivity index (χ0) is 42.3. The Labute approximate surface area is 361 Å². The van der Waals surface area contributed by atoms with E-state index in [1.165, 1.54) is 7.11 Å². The number of aryl methyl sites for hydroxylation is 1. The van der Waals surface area contributed by atoms with E-state index in [1.54, 1.807) is 12.4 Å². The Morgan fingerprint density at radius 1 is 0.677 bits per heavy atom. The van der Waals surface area contributed by atoms with Gasteiger partial charge in [0.15, 0.2) is 11.5 Å². The molecule has 0 spiro atoms. The predicted octanol–water partition coefficient (Wildman–Crippen LogP) is 7.94. The Kier molecular flexibility index (Phi) is 11.7. The van der Waals surface area contributed by atoms with Crippen LogP contribution in [0.2, 0.25) is 0 Å². The van der Waals surface area contributed by atoms with Crippen LogP contribution in [0.1, 0.15) is 57.6 Å². The first-order chi connectivity index (χ1) is 30.6. The van der Waals surface area contributed by atoms with Crippen molar-refractivity contribution < 1.29 is 9.53 Å². The minimum atomic E-state index is -0.887. The summed E-state index contributed by atoms with van der Waals surface area (Å²) in [6, 6.07) is 49.9. The molecule has 0 radical (unpaired) electrons. The first kappa shape index (κ1) is 40.1. The maximum atomic E-state index is 13.6. The first-order valence-corrected chi connectivity index (χ1v) is 21.1. The number of hydrogen-bond acceptors (Lipinski definition) is 10. The first-order valence-electron chi connectivity index (χ1n) is 21.1. The summed E-state index contributed by atoms with van der Waals surface area (Å²) in [6.45, 7) is 6.34. The number of aromatic nitrogens is 8. The number of carbonyl (C=O) groups is 1. The zero-order valence-electron chi connectivity index (χ0n) is 35.0. The van der Waals surface area contributed by atoms with Crippen LogP contribution in [0.15, 0.2) is 158 Å². The fraction of sp³-hybridized carbons (Fsp3) is 0.220. The van der Waals surface area contributed by atoms with E-state index in [9.17, 15) is 4.79 Å². The van der Waals surface area contributed by atoms with E-state index in [2.05, 4.69) is 141 Å². The number of esters is 1. The van der Waals surface area contributed by atoms with E-state index in [4.69, 9.17) is 20.0 Å². The summed E-state index contributed by atoms with van der Waals surface area (Å²) in [6.07, 6.45) is 5.17. The third-order valence-electron chi connectivity index (χ3n) is 11.7. The lowest BCUT2D eigenvalue weighted by Crippen LogP contribution is -2.46. The van der Waals surface area contributed by atoms with E-state index >= 15 is 0 Å². The van der Waals surface area contributed by atoms with Crippen LogP contribution in [0, 0.1) is 0 Å². The van der Waals surface area contributed by atoms with Gasteiger partial charge >= 0.3 is 5.97 Å². The van der Waals surface area contributed by atoms with E-state index in [-0.39, 0.29) is 5.97 Å². The zero-order valence-corrected chi connectivity index (χ0v) is 35.0. The number of rotatable bonds is 14. The molecule has 9 rings (SSSR count). The lowest BCUT2D eigenvalue weighted by molar-refractivity contribution is 0.0585. The molecule has 0 N–H and O–H groups in total. The van der Waals surface area contributed by atoms with Crippen LogP contribution in [0.4, 0.5) is 5.95 Å². The molecule has 1 aliphatic rings.